The standard InChI is InChI=1S/C10H11ClN4O/c1-15(2)10-13-9(16-14-10)6-3-4-7(11)8(12)5-6/h3-5H,12H2,1-2H3. The number of nitrogen functional groups attached to an aromatic ring is 1. The van der Waals surface area contributed by atoms with Gasteiger partial charge in [0.2, 0.25) is 0 Å². The zero-order valence-electron chi connectivity index (χ0n) is 8.94. The van der Waals surface area contributed by atoms with E-state index in [1.54, 1.807) is 23.1 Å². The monoisotopic (exact) mass is 238 g/mol. The van der Waals surface area contributed by atoms with Crippen molar-refractivity contribution in [3.8, 4) is 11.5 Å². The van der Waals surface area contributed by atoms with Crippen LogP contribution in [0.5, 0.6) is 0 Å². The summed E-state index contributed by atoms with van der Waals surface area (Å²) in [4.78, 5) is 5.96. The minimum Gasteiger partial charge on any atom is -0.398 e. The van der Waals surface area contributed by atoms with E-state index in [0.29, 0.717) is 22.5 Å². The van der Waals surface area contributed by atoms with E-state index in [-0.39, 0.29) is 0 Å². The molecule has 1 heterocycles. The first-order valence-corrected chi connectivity index (χ1v) is 5.02. The van der Waals surface area contributed by atoms with Crippen molar-refractivity contribution >= 4 is 23.2 Å². The lowest BCUT2D eigenvalue weighted by Crippen LogP contribution is -2.10. The molecule has 0 bridgehead atoms. The average molecular weight is 239 g/mol. The van der Waals surface area contributed by atoms with E-state index in [0.717, 1.165) is 5.56 Å². The van der Waals surface area contributed by atoms with E-state index < -0.39 is 0 Å². The van der Waals surface area contributed by atoms with E-state index in [1.165, 1.54) is 0 Å². The second kappa shape index (κ2) is 4.02. The van der Waals surface area contributed by atoms with Gasteiger partial charge in [0, 0.05) is 19.7 Å². The van der Waals surface area contributed by atoms with E-state index >= 15 is 0 Å². The Bertz CT molecular complexity index is 509. The second-order valence-electron chi connectivity index (χ2n) is 3.53. The lowest BCUT2D eigenvalue weighted by molar-refractivity contribution is 0.431. The Balaban J connectivity index is 2.39. The summed E-state index contributed by atoms with van der Waals surface area (Å²) in [6, 6.07) is 5.19. The highest BCUT2D eigenvalue weighted by Gasteiger charge is 2.10. The molecule has 0 aliphatic carbocycles. The van der Waals surface area contributed by atoms with Gasteiger partial charge < -0.3 is 15.2 Å². The molecule has 0 saturated heterocycles. The molecule has 6 heteroatoms. The molecule has 84 valence electrons. The summed E-state index contributed by atoms with van der Waals surface area (Å²) in [7, 11) is 3.68. The van der Waals surface area contributed by atoms with Crippen molar-refractivity contribution in [2.75, 3.05) is 24.7 Å². The number of hydrogen-bond acceptors (Lipinski definition) is 5. The van der Waals surface area contributed by atoms with Crippen molar-refractivity contribution in [3.05, 3.63) is 23.2 Å². The molecular weight excluding hydrogens is 228 g/mol. The van der Waals surface area contributed by atoms with Crippen molar-refractivity contribution in [2.45, 2.75) is 0 Å². The van der Waals surface area contributed by atoms with Crippen LogP contribution in [0.4, 0.5) is 11.6 Å². The maximum atomic E-state index is 5.82. The Hall–Kier alpha value is -1.75. The Kier molecular flexibility index (Phi) is 2.70. The zero-order chi connectivity index (χ0) is 11.7. The van der Waals surface area contributed by atoms with Crippen LogP contribution in [-0.4, -0.2) is 24.2 Å². The highest BCUT2D eigenvalue weighted by molar-refractivity contribution is 6.33. The van der Waals surface area contributed by atoms with Crippen LogP contribution < -0.4 is 10.6 Å². The second-order valence-corrected chi connectivity index (χ2v) is 3.94. The quantitative estimate of drug-likeness (QED) is 0.811. The predicted octanol–water partition coefficient (Wildman–Crippen LogP) is 2.04. The molecule has 1 aromatic heterocycles. The van der Waals surface area contributed by atoms with E-state index in [1.807, 2.05) is 14.1 Å². The molecule has 0 aliphatic heterocycles. The molecule has 1 aromatic carbocycles. The lowest BCUT2D eigenvalue weighted by atomic mass is 10.2. The summed E-state index contributed by atoms with van der Waals surface area (Å²) in [6.07, 6.45) is 0. The van der Waals surface area contributed by atoms with Gasteiger partial charge in [0.1, 0.15) is 0 Å². The van der Waals surface area contributed by atoms with Crippen molar-refractivity contribution in [1.82, 2.24) is 10.1 Å². The number of benzene rings is 1. The number of rotatable bonds is 2. The van der Waals surface area contributed by atoms with Crippen LogP contribution in [0.25, 0.3) is 11.5 Å². The van der Waals surface area contributed by atoms with E-state index in [9.17, 15) is 0 Å². The number of nitrogens with two attached hydrogens (primary N) is 1. The largest absolute Gasteiger partial charge is 0.398 e. The lowest BCUT2D eigenvalue weighted by Gasteiger charge is -2.02. The molecule has 0 unspecified atom stereocenters. The molecule has 0 radical (unpaired) electrons. The minimum absolute atomic E-state index is 0.423. The predicted molar refractivity (Wildman–Crippen MR) is 63.5 cm³/mol. The summed E-state index contributed by atoms with van der Waals surface area (Å²) < 4.78 is 5.11. The first-order chi connectivity index (χ1) is 7.58. The molecular formula is C10H11ClN4O. The highest BCUT2D eigenvalue weighted by atomic mass is 35.5. The van der Waals surface area contributed by atoms with Crippen molar-refractivity contribution in [1.29, 1.82) is 0 Å². The maximum absolute atomic E-state index is 5.82. The van der Waals surface area contributed by atoms with Crippen LogP contribution in [0.2, 0.25) is 5.02 Å². The fourth-order valence-electron chi connectivity index (χ4n) is 1.19. The van der Waals surface area contributed by atoms with Gasteiger partial charge in [-0.15, -0.1) is 0 Å². The van der Waals surface area contributed by atoms with Gasteiger partial charge in [-0.2, -0.15) is 4.98 Å². The van der Waals surface area contributed by atoms with Crippen molar-refractivity contribution in [2.24, 2.45) is 0 Å². The summed E-state index contributed by atoms with van der Waals surface area (Å²) in [6.45, 7) is 0. The molecule has 5 nitrogen and oxygen atoms in total. The number of anilines is 2. The molecule has 2 rings (SSSR count). The summed E-state index contributed by atoms with van der Waals surface area (Å²) in [5, 5.41) is 4.32. The smallest absolute Gasteiger partial charge is 0.265 e. The number of aromatic nitrogens is 2. The van der Waals surface area contributed by atoms with Crippen LogP contribution >= 0.6 is 11.6 Å². The third-order valence-corrected chi connectivity index (χ3v) is 2.40. The first-order valence-electron chi connectivity index (χ1n) is 4.64. The van der Waals surface area contributed by atoms with E-state index in [2.05, 4.69) is 10.1 Å². The molecule has 0 atom stereocenters. The molecule has 0 saturated carbocycles. The molecule has 2 aromatic rings. The van der Waals surface area contributed by atoms with Gasteiger partial charge in [0.25, 0.3) is 11.8 Å². The van der Waals surface area contributed by atoms with Crippen molar-refractivity contribution < 1.29 is 4.52 Å². The van der Waals surface area contributed by atoms with Crippen LogP contribution in [0.1, 0.15) is 0 Å². The van der Waals surface area contributed by atoms with Gasteiger partial charge in [-0.25, -0.2) is 0 Å². The van der Waals surface area contributed by atoms with Crippen molar-refractivity contribution in [3.63, 3.8) is 0 Å². The average Bonchev–Trinajstić information content (AvgIpc) is 2.71. The Labute approximate surface area is 97.8 Å². The van der Waals surface area contributed by atoms with E-state index in [4.69, 9.17) is 21.9 Å². The molecule has 2 N–H and O–H groups in total. The Morgan fingerprint density at radius 3 is 2.69 bits per heavy atom. The third-order valence-electron chi connectivity index (χ3n) is 2.06. The Morgan fingerprint density at radius 2 is 2.12 bits per heavy atom. The maximum Gasteiger partial charge on any atom is 0.265 e. The highest BCUT2D eigenvalue weighted by Crippen LogP contribution is 2.26. The number of hydrogen-bond donors (Lipinski definition) is 1. The third kappa shape index (κ3) is 1.94. The van der Waals surface area contributed by atoms with Gasteiger partial charge in [0.05, 0.1) is 10.7 Å². The normalized spacial score (nSPS) is 10.4. The van der Waals surface area contributed by atoms with Gasteiger partial charge in [-0.05, 0) is 23.4 Å². The summed E-state index contributed by atoms with van der Waals surface area (Å²) in [5.74, 6) is 0.940. The fraction of sp³-hybridized carbons (Fsp3) is 0.200. The number of nitrogens with zero attached hydrogens (tertiary/aromatic N) is 3. The SMILES string of the molecule is CN(C)c1noc(-c2ccc(Cl)c(N)c2)n1. The van der Waals surface area contributed by atoms with Crippen LogP contribution in [0.15, 0.2) is 22.7 Å². The first kappa shape index (κ1) is 10.8. The van der Waals surface area contributed by atoms with Crippen LogP contribution in [0, 0.1) is 0 Å². The zero-order valence-corrected chi connectivity index (χ0v) is 9.69. The molecule has 0 fully saturated rings. The van der Waals surface area contributed by atoms with Gasteiger partial charge in [-0.1, -0.05) is 11.6 Å². The fourth-order valence-corrected chi connectivity index (χ4v) is 1.31. The minimum atomic E-state index is 0.423. The van der Waals surface area contributed by atoms with Crippen LogP contribution in [0.3, 0.4) is 0 Å². The van der Waals surface area contributed by atoms with Gasteiger partial charge in [-0.3, -0.25) is 0 Å². The summed E-state index contributed by atoms with van der Waals surface area (Å²) in [5.41, 5.74) is 6.93. The van der Waals surface area contributed by atoms with Gasteiger partial charge >= 0.3 is 0 Å². The van der Waals surface area contributed by atoms with Crippen LogP contribution in [-0.2, 0) is 0 Å². The van der Waals surface area contributed by atoms with Gasteiger partial charge in [0.15, 0.2) is 0 Å². The topological polar surface area (TPSA) is 68.2 Å². The molecule has 0 amide bonds. The summed E-state index contributed by atoms with van der Waals surface area (Å²) >= 11 is 5.82. The number of halogens is 1. The molecule has 16 heavy (non-hydrogen) atoms. The Morgan fingerprint density at radius 1 is 1.38 bits per heavy atom. The molecule has 0 aliphatic rings. The molecule has 0 spiro atoms.